The minimum Gasteiger partial charge on any atom is -0.321 e. The summed E-state index contributed by atoms with van der Waals surface area (Å²) in [5, 5.41) is 2.81. The Kier molecular flexibility index (Phi) is 6.37. The van der Waals surface area contributed by atoms with Gasteiger partial charge in [0.15, 0.2) is 0 Å². The van der Waals surface area contributed by atoms with Crippen LogP contribution in [0, 0.1) is 11.7 Å². The first-order valence-corrected chi connectivity index (χ1v) is 11.0. The second kappa shape index (κ2) is 8.59. The number of rotatable bonds is 5. The van der Waals surface area contributed by atoms with Crippen molar-refractivity contribution in [2.24, 2.45) is 5.92 Å². The van der Waals surface area contributed by atoms with Gasteiger partial charge in [0.05, 0.1) is 21.2 Å². The first-order valence-electron chi connectivity index (χ1n) is 9.15. The summed E-state index contributed by atoms with van der Waals surface area (Å²) in [6, 6.07) is 9.57. The number of hydrogen-bond donors (Lipinski definition) is 2. The van der Waals surface area contributed by atoms with Crippen LogP contribution in [0.25, 0.3) is 0 Å². The Bertz CT molecular complexity index is 981. The molecule has 2 aromatic rings. The smallest absolute Gasteiger partial charge is 0.258 e. The van der Waals surface area contributed by atoms with Gasteiger partial charge in [-0.05, 0) is 49.1 Å². The van der Waals surface area contributed by atoms with Gasteiger partial charge in [-0.15, -0.1) is 0 Å². The molecule has 1 aliphatic rings. The molecule has 1 saturated carbocycles. The molecule has 0 aliphatic heterocycles. The zero-order valence-corrected chi connectivity index (χ0v) is 17.0. The van der Waals surface area contributed by atoms with Gasteiger partial charge in [-0.3, -0.25) is 4.79 Å². The summed E-state index contributed by atoms with van der Waals surface area (Å²) in [4.78, 5) is 12.3. The summed E-state index contributed by atoms with van der Waals surface area (Å²) < 4.78 is 42.4. The highest BCUT2D eigenvalue weighted by Crippen LogP contribution is 2.26. The van der Waals surface area contributed by atoms with Gasteiger partial charge in [-0.2, -0.15) is 0 Å². The van der Waals surface area contributed by atoms with E-state index in [1.165, 1.54) is 0 Å². The Morgan fingerprint density at radius 3 is 2.57 bits per heavy atom. The molecule has 2 aromatic carbocycles. The van der Waals surface area contributed by atoms with E-state index in [4.69, 9.17) is 11.6 Å². The van der Waals surface area contributed by atoms with E-state index < -0.39 is 21.7 Å². The molecule has 0 unspecified atom stereocenters. The number of benzene rings is 2. The number of para-hydroxylation sites is 1. The van der Waals surface area contributed by atoms with Gasteiger partial charge in [0, 0.05) is 6.04 Å². The monoisotopic (exact) mass is 424 g/mol. The van der Waals surface area contributed by atoms with Crippen molar-refractivity contribution in [2.75, 3.05) is 5.32 Å². The highest BCUT2D eigenvalue weighted by atomic mass is 35.5. The van der Waals surface area contributed by atoms with Crippen LogP contribution in [-0.2, 0) is 10.0 Å². The molecule has 150 valence electrons. The molecule has 0 spiro atoms. The molecule has 3 rings (SSSR count). The summed E-state index contributed by atoms with van der Waals surface area (Å²) in [6.45, 7) is 2.01. The average Bonchev–Trinajstić information content (AvgIpc) is 2.65. The van der Waals surface area contributed by atoms with Crippen LogP contribution in [0.1, 0.15) is 43.0 Å². The number of hydrogen-bond acceptors (Lipinski definition) is 3. The van der Waals surface area contributed by atoms with Crippen molar-refractivity contribution < 1.29 is 17.6 Å². The summed E-state index contributed by atoms with van der Waals surface area (Å²) in [5.74, 6) is -1.35. The molecular formula is C20H22ClFN2O3S. The third-order valence-electron chi connectivity index (χ3n) is 5.03. The normalized spacial score (nSPS) is 20.0. The highest BCUT2D eigenvalue weighted by Gasteiger charge is 2.27. The molecule has 2 N–H and O–H groups in total. The number of carbonyl (C=O) groups excluding carboxylic acids is 1. The van der Waals surface area contributed by atoms with Crippen LogP contribution in [0.5, 0.6) is 0 Å². The molecule has 0 heterocycles. The van der Waals surface area contributed by atoms with Crippen molar-refractivity contribution in [1.82, 2.24) is 4.72 Å². The number of sulfonamides is 1. The quantitative estimate of drug-likeness (QED) is 0.737. The van der Waals surface area contributed by atoms with Crippen LogP contribution in [0.15, 0.2) is 47.4 Å². The van der Waals surface area contributed by atoms with Gasteiger partial charge in [0.2, 0.25) is 10.0 Å². The van der Waals surface area contributed by atoms with Crippen molar-refractivity contribution in [3.8, 4) is 0 Å². The highest BCUT2D eigenvalue weighted by molar-refractivity contribution is 7.89. The minimum absolute atomic E-state index is 0.143. The summed E-state index contributed by atoms with van der Waals surface area (Å²) in [6.07, 6.45) is 3.78. The lowest BCUT2D eigenvalue weighted by Gasteiger charge is -2.29. The number of halogens is 2. The van der Waals surface area contributed by atoms with E-state index in [0.717, 1.165) is 43.9 Å². The maximum atomic E-state index is 14.2. The van der Waals surface area contributed by atoms with Gasteiger partial charge in [-0.1, -0.05) is 43.5 Å². The fourth-order valence-electron chi connectivity index (χ4n) is 3.36. The Morgan fingerprint density at radius 1 is 1.14 bits per heavy atom. The third-order valence-corrected chi connectivity index (χ3v) is 6.85. The summed E-state index contributed by atoms with van der Waals surface area (Å²) in [5.41, 5.74) is -0.0459. The fraction of sp³-hybridized carbons (Fsp3) is 0.350. The molecule has 8 heteroatoms. The van der Waals surface area contributed by atoms with Gasteiger partial charge in [-0.25, -0.2) is 17.5 Å². The van der Waals surface area contributed by atoms with E-state index >= 15 is 0 Å². The molecule has 0 aromatic heterocycles. The zero-order valence-electron chi connectivity index (χ0n) is 15.4. The lowest BCUT2D eigenvalue weighted by atomic mass is 9.87. The first-order chi connectivity index (χ1) is 13.3. The van der Waals surface area contributed by atoms with E-state index in [1.54, 1.807) is 24.3 Å². The molecule has 0 radical (unpaired) electrons. The van der Waals surface area contributed by atoms with Crippen LogP contribution in [-0.4, -0.2) is 20.4 Å². The van der Waals surface area contributed by atoms with Crippen LogP contribution in [0.3, 0.4) is 0 Å². The minimum atomic E-state index is -3.87. The van der Waals surface area contributed by atoms with Gasteiger partial charge in [0.25, 0.3) is 5.91 Å². The van der Waals surface area contributed by atoms with Crippen molar-refractivity contribution in [1.29, 1.82) is 0 Å². The average molecular weight is 425 g/mol. The molecule has 1 amide bonds. The predicted molar refractivity (Wildman–Crippen MR) is 108 cm³/mol. The second-order valence-corrected chi connectivity index (χ2v) is 9.19. The largest absolute Gasteiger partial charge is 0.321 e. The fourth-order valence-corrected chi connectivity index (χ4v) is 4.94. The number of amides is 1. The van der Waals surface area contributed by atoms with E-state index in [9.17, 15) is 17.6 Å². The topological polar surface area (TPSA) is 75.3 Å². The Labute approximate surface area is 169 Å². The van der Waals surface area contributed by atoms with Crippen molar-refractivity contribution >= 4 is 33.2 Å². The molecule has 0 bridgehead atoms. The van der Waals surface area contributed by atoms with E-state index in [1.807, 2.05) is 6.92 Å². The molecule has 28 heavy (non-hydrogen) atoms. The van der Waals surface area contributed by atoms with E-state index in [2.05, 4.69) is 10.0 Å². The van der Waals surface area contributed by atoms with Crippen LogP contribution >= 0.6 is 11.6 Å². The number of nitrogens with one attached hydrogen (secondary N) is 2. The summed E-state index contributed by atoms with van der Waals surface area (Å²) in [7, 11) is -3.87. The Morgan fingerprint density at radius 2 is 1.86 bits per heavy atom. The Balaban J connectivity index is 1.84. The van der Waals surface area contributed by atoms with Gasteiger partial charge in [0.1, 0.15) is 5.82 Å². The molecule has 1 fully saturated rings. The first kappa shape index (κ1) is 20.8. The molecule has 0 saturated heterocycles. The SMILES string of the molecule is C[C@@H]1CCCC[C@H]1NS(=O)(=O)c1ccc(F)c(C(=O)Nc2ccccc2Cl)c1. The lowest BCUT2D eigenvalue weighted by Crippen LogP contribution is -2.41. The molecular weight excluding hydrogens is 403 g/mol. The maximum Gasteiger partial charge on any atom is 0.258 e. The van der Waals surface area contributed by atoms with E-state index in [0.29, 0.717) is 10.7 Å². The third kappa shape index (κ3) is 4.71. The number of anilines is 1. The summed E-state index contributed by atoms with van der Waals surface area (Å²) >= 11 is 6.01. The predicted octanol–water partition coefficient (Wildman–Crippen LogP) is 4.59. The van der Waals surface area contributed by atoms with Gasteiger partial charge >= 0.3 is 0 Å². The van der Waals surface area contributed by atoms with Crippen molar-refractivity contribution in [3.63, 3.8) is 0 Å². The van der Waals surface area contributed by atoms with Gasteiger partial charge < -0.3 is 5.32 Å². The second-order valence-electron chi connectivity index (χ2n) is 7.07. The number of carbonyl (C=O) groups is 1. The molecule has 1 aliphatic carbocycles. The van der Waals surface area contributed by atoms with E-state index in [-0.39, 0.29) is 22.4 Å². The standard InChI is InChI=1S/C20H22ClFN2O3S/c1-13-6-2-4-8-18(13)24-28(26,27)14-10-11-17(22)15(12-14)20(25)23-19-9-5-3-7-16(19)21/h3,5,7,9-13,18,24H,2,4,6,8H2,1H3,(H,23,25)/t13-,18-/m1/s1. The lowest BCUT2D eigenvalue weighted by molar-refractivity contribution is 0.102. The molecule has 5 nitrogen and oxygen atoms in total. The Hall–Kier alpha value is -1.96. The zero-order chi connectivity index (χ0) is 20.3. The van der Waals surface area contributed by atoms with Crippen LogP contribution in [0.4, 0.5) is 10.1 Å². The van der Waals surface area contributed by atoms with Crippen molar-refractivity contribution in [2.45, 2.75) is 43.5 Å². The van der Waals surface area contributed by atoms with Crippen LogP contribution < -0.4 is 10.0 Å². The molecule has 2 atom stereocenters. The van der Waals surface area contributed by atoms with Crippen molar-refractivity contribution in [3.05, 3.63) is 58.9 Å². The maximum absolute atomic E-state index is 14.2. The van der Waals surface area contributed by atoms with Crippen LogP contribution in [0.2, 0.25) is 5.02 Å².